The van der Waals surface area contributed by atoms with E-state index in [1.54, 1.807) is 12.4 Å². The monoisotopic (exact) mass is 449 g/mol. The largest absolute Gasteiger partial charge is 0.354 e. The molecule has 168 valence electrons. The van der Waals surface area contributed by atoms with Crippen LogP contribution in [-0.2, 0) is 6.54 Å². The van der Waals surface area contributed by atoms with Gasteiger partial charge < -0.3 is 14.8 Å². The zero-order valence-corrected chi connectivity index (χ0v) is 18.9. The summed E-state index contributed by atoms with van der Waals surface area (Å²) >= 11 is 0. The first-order valence-electron chi connectivity index (χ1n) is 11.0. The van der Waals surface area contributed by atoms with E-state index in [0.717, 1.165) is 34.6 Å². The summed E-state index contributed by atoms with van der Waals surface area (Å²) in [6.07, 6.45) is 3.34. The first-order valence-corrected chi connectivity index (χ1v) is 11.0. The number of H-pyrrole nitrogens is 1. The number of benzene rings is 2. The zero-order chi connectivity index (χ0) is 23.5. The van der Waals surface area contributed by atoms with Crippen LogP contribution in [0, 0.1) is 6.92 Å². The molecule has 0 spiro atoms. The molecule has 0 atom stereocenters. The summed E-state index contributed by atoms with van der Waals surface area (Å²) in [5.41, 5.74) is 6.86. The van der Waals surface area contributed by atoms with Crippen LogP contribution in [0.3, 0.4) is 0 Å². The quantitative estimate of drug-likeness (QED) is 0.385. The Hall–Kier alpha value is -4.36. The van der Waals surface area contributed by atoms with Crippen molar-refractivity contribution >= 4 is 0 Å². The van der Waals surface area contributed by atoms with Crippen LogP contribution in [0.1, 0.15) is 11.3 Å². The maximum absolute atomic E-state index is 12.4. The van der Waals surface area contributed by atoms with E-state index in [0.29, 0.717) is 22.7 Å². The van der Waals surface area contributed by atoms with Gasteiger partial charge in [-0.25, -0.2) is 4.98 Å². The smallest absolute Gasteiger partial charge is 0.255 e. The van der Waals surface area contributed by atoms with E-state index in [4.69, 9.17) is 9.51 Å². The van der Waals surface area contributed by atoms with Crippen LogP contribution < -0.4 is 10.9 Å². The number of aryl methyl sites for hydroxylation is 1. The molecule has 2 aromatic carbocycles. The third-order valence-electron chi connectivity index (χ3n) is 5.61. The van der Waals surface area contributed by atoms with Gasteiger partial charge >= 0.3 is 0 Å². The molecule has 7 nitrogen and oxygen atoms in total. The molecule has 7 heteroatoms. The molecule has 0 radical (unpaired) electrons. The van der Waals surface area contributed by atoms with Crippen LogP contribution in [0.4, 0.5) is 0 Å². The van der Waals surface area contributed by atoms with E-state index >= 15 is 0 Å². The summed E-state index contributed by atoms with van der Waals surface area (Å²) in [5, 5.41) is 7.38. The maximum atomic E-state index is 12.4. The molecule has 0 amide bonds. The molecule has 5 rings (SSSR count). The van der Waals surface area contributed by atoms with Crippen molar-refractivity contribution in [2.24, 2.45) is 0 Å². The Bertz CT molecular complexity index is 1490. The molecular formula is C27H23N5O2. The number of nitrogens with one attached hydrogen (secondary N) is 2. The molecule has 3 aromatic heterocycles. The van der Waals surface area contributed by atoms with Gasteiger partial charge in [-0.2, -0.15) is 0 Å². The van der Waals surface area contributed by atoms with E-state index in [2.05, 4.69) is 32.6 Å². The lowest BCUT2D eigenvalue weighted by Gasteiger charge is -2.07. The summed E-state index contributed by atoms with van der Waals surface area (Å²) in [6, 6.07) is 21.4. The van der Waals surface area contributed by atoms with Gasteiger partial charge in [0.25, 0.3) is 5.56 Å². The van der Waals surface area contributed by atoms with Crippen LogP contribution in [0.5, 0.6) is 0 Å². The minimum Gasteiger partial charge on any atom is -0.354 e. The van der Waals surface area contributed by atoms with Crippen molar-refractivity contribution < 1.29 is 4.52 Å². The van der Waals surface area contributed by atoms with Crippen LogP contribution in [-0.4, -0.2) is 27.2 Å². The molecule has 0 aliphatic heterocycles. The lowest BCUT2D eigenvalue weighted by Crippen LogP contribution is -2.08. The minimum atomic E-state index is -0.157. The number of nitrogens with zero attached hydrogens (tertiary/aromatic N) is 3. The number of rotatable bonds is 6. The molecule has 0 saturated carbocycles. The third-order valence-corrected chi connectivity index (χ3v) is 5.61. The zero-order valence-electron chi connectivity index (χ0n) is 18.9. The summed E-state index contributed by atoms with van der Waals surface area (Å²) in [6.45, 7) is 2.69. The topological polar surface area (TPSA) is 96.7 Å². The Morgan fingerprint density at radius 3 is 2.50 bits per heavy atom. The predicted molar refractivity (Wildman–Crippen MR) is 132 cm³/mol. The number of aromatic nitrogens is 4. The van der Waals surface area contributed by atoms with Gasteiger partial charge in [0.2, 0.25) is 0 Å². The fraction of sp³-hybridized carbons (Fsp3) is 0.111. The van der Waals surface area contributed by atoms with Gasteiger partial charge in [0.05, 0.1) is 17.6 Å². The fourth-order valence-electron chi connectivity index (χ4n) is 3.81. The van der Waals surface area contributed by atoms with E-state index in [-0.39, 0.29) is 5.56 Å². The molecule has 5 aromatic rings. The molecule has 0 unspecified atom stereocenters. The molecule has 34 heavy (non-hydrogen) atoms. The molecule has 0 aliphatic rings. The lowest BCUT2D eigenvalue weighted by atomic mass is 10.0. The minimum absolute atomic E-state index is 0.157. The third kappa shape index (κ3) is 4.29. The average molecular weight is 450 g/mol. The highest BCUT2D eigenvalue weighted by Crippen LogP contribution is 2.29. The number of hydrogen-bond acceptors (Lipinski definition) is 6. The SMILES string of the molecule is CNCc1ccc(-c2cc(-c3nc(-c4c[nH]c(=O)c(-c5ccccc5)c4)cnc3C)on2)cc1. The molecule has 0 bridgehead atoms. The van der Waals surface area contributed by atoms with Crippen molar-refractivity contribution in [2.75, 3.05) is 7.05 Å². The second kappa shape index (κ2) is 9.25. The van der Waals surface area contributed by atoms with E-state index < -0.39 is 0 Å². The maximum Gasteiger partial charge on any atom is 0.255 e. The second-order valence-electron chi connectivity index (χ2n) is 7.99. The van der Waals surface area contributed by atoms with Crippen LogP contribution in [0.2, 0.25) is 0 Å². The summed E-state index contributed by atoms with van der Waals surface area (Å²) in [5.74, 6) is 0.536. The fourth-order valence-corrected chi connectivity index (χ4v) is 3.81. The van der Waals surface area contributed by atoms with Crippen molar-refractivity contribution in [1.29, 1.82) is 0 Å². The van der Waals surface area contributed by atoms with Crippen LogP contribution in [0.15, 0.2) is 88.4 Å². The van der Waals surface area contributed by atoms with Crippen molar-refractivity contribution in [3.63, 3.8) is 0 Å². The Morgan fingerprint density at radius 2 is 1.74 bits per heavy atom. The van der Waals surface area contributed by atoms with Crippen LogP contribution >= 0.6 is 0 Å². The highest BCUT2D eigenvalue weighted by atomic mass is 16.5. The highest BCUT2D eigenvalue weighted by Gasteiger charge is 2.15. The van der Waals surface area contributed by atoms with Crippen molar-refractivity contribution in [3.05, 3.63) is 101 Å². The van der Waals surface area contributed by atoms with E-state index in [9.17, 15) is 4.79 Å². The standard InChI is InChI=1S/C27H23N5O2/c1-17-26(25-13-23(32-34-25)20-10-8-18(9-11-20)14-28-2)31-24(16-29-17)21-12-22(27(33)30-15-21)19-6-4-3-5-7-19/h3-13,15-16,28H,14H2,1-2H3,(H,30,33). The molecule has 2 N–H and O–H groups in total. The summed E-state index contributed by atoms with van der Waals surface area (Å²) in [4.78, 5) is 24.6. The molecule has 0 aliphatic carbocycles. The van der Waals surface area contributed by atoms with Crippen LogP contribution in [0.25, 0.3) is 45.1 Å². The van der Waals surface area contributed by atoms with E-state index in [1.807, 2.05) is 68.6 Å². The Morgan fingerprint density at radius 1 is 0.941 bits per heavy atom. The van der Waals surface area contributed by atoms with Crippen molar-refractivity contribution in [3.8, 4) is 45.1 Å². The second-order valence-corrected chi connectivity index (χ2v) is 7.99. The number of pyridine rings is 1. The normalized spacial score (nSPS) is 11.0. The average Bonchev–Trinajstić information content (AvgIpc) is 3.36. The highest BCUT2D eigenvalue weighted by molar-refractivity contribution is 5.72. The molecule has 3 heterocycles. The van der Waals surface area contributed by atoms with Gasteiger partial charge in [-0.3, -0.25) is 9.78 Å². The van der Waals surface area contributed by atoms with Gasteiger partial charge in [-0.15, -0.1) is 0 Å². The predicted octanol–water partition coefficient (Wildman–Crippen LogP) is 4.85. The molecule has 0 fully saturated rings. The molecular weight excluding hydrogens is 426 g/mol. The van der Waals surface area contributed by atoms with E-state index in [1.165, 1.54) is 5.56 Å². The summed E-state index contributed by atoms with van der Waals surface area (Å²) in [7, 11) is 1.92. The van der Waals surface area contributed by atoms with Gasteiger partial charge in [-0.05, 0) is 31.2 Å². The van der Waals surface area contributed by atoms with Gasteiger partial charge in [0.1, 0.15) is 11.4 Å². The first kappa shape index (κ1) is 21.5. The number of aromatic amines is 1. The Balaban J connectivity index is 1.49. The van der Waals surface area contributed by atoms with Gasteiger partial charge in [0, 0.05) is 35.5 Å². The first-order chi connectivity index (χ1) is 16.6. The Kier molecular flexibility index (Phi) is 5.84. The Labute approximate surface area is 196 Å². The van der Waals surface area contributed by atoms with Crippen molar-refractivity contribution in [2.45, 2.75) is 13.5 Å². The van der Waals surface area contributed by atoms with Gasteiger partial charge in [0.15, 0.2) is 5.76 Å². The summed E-state index contributed by atoms with van der Waals surface area (Å²) < 4.78 is 5.64. The van der Waals surface area contributed by atoms with Crippen molar-refractivity contribution in [1.82, 2.24) is 25.4 Å². The van der Waals surface area contributed by atoms with Gasteiger partial charge in [-0.1, -0.05) is 59.8 Å². The number of hydrogen-bond donors (Lipinski definition) is 2. The lowest BCUT2D eigenvalue weighted by molar-refractivity contribution is 0.433. The molecule has 0 saturated heterocycles.